The van der Waals surface area contributed by atoms with Crippen molar-refractivity contribution in [2.24, 2.45) is 35.0 Å². The van der Waals surface area contributed by atoms with Gasteiger partial charge in [-0.25, -0.2) is 0 Å². The Morgan fingerprint density at radius 2 is 1.89 bits per heavy atom. The van der Waals surface area contributed by atoms with Gasteiger partial charge in [-0.2, -0.15) is 0 Å². The molecule has 4 aliphatic rings. The number of rotatable bonds is 2. The van der Waals surface area contributed by atoms with Gasteiger partial charge in [-0.1, -0.05) is 18.6 Å². The van der Waals surface area contributed by atoms with Crippen LogP contribution in [0.15, 0.2) is 11.6 Å². The second kappa shape index (κ2) is 6.75. The van der Waals surface area contributed by atoms with Crippen molar-refractivity contribution in [3.05, 3.63) is 11.6 Å². The van der Waals surface area contributed by atoms with E-state index in [2.05, 4.69) is 13.0 Å². The van der Waals surface area contributed by atoms with Crippen molar-refractivity contribution in [3.63, 3.8) is 0 Å². The van der Waals surface area contributed by atoms with E-state index in [0.29, 0.717) is 24.0 Å². The lowest BCUT2D eigenvalue weighted by atomic mass is 9.50. The lowest BCUT2D eigenvalue weighted by Crippen LogP contribution is -2.52. The van der Waals surface area contributed by atoms with Gasteiger partial charge in [0.15, 0.2) is 0 Å². The van der Waals surface area contributed by atoms with Gasteiger partial charge in [0.25, 0.3) is 0 Å². The highest BCUT2D eigenvalue weighted by Crippen LogP contribution is 2.61. The van der Waals surface area contributed by atoms with Crippen LogP contribution in [0.5, 0.6) is 0 Å². The van der Waals surface area contributed by atoms with E-state index in [4.69, 9.17) is 9.47 Å². The first-order valence-corrected chi connectivity index (χ1v) is 10.3. The summed E-state index contributed by atoms with van der Waals surface area (Å²) in [7, 11) is 1.45. The lowest BCUT2D eigenvalue weighted by molar-refractivity contribution is -0.153. The first-order valence-electron chi connectivity index (χ1n) is 10.3. The van der Waals surface area contributed by atoms with Crippen LogP contribution in [0, 0.1) is 35.0 Å². The van der Waals surface area contributed by atoms with Crippen molar-refractivity contribution < 1.29 is 23.9 Å². The van der Waals surface area contributed by atoms with Crippen LogP contribution in [0.1, 0.15) is 58.8 Å². The maximum Gasteiger partial charge on any atom is 0.308 e. The molecule has 0 aromatic heterocycles. The van der Waals surface area contributed by atoms with Crippen LogP contribution < -0.4 is 0 Å². The number of carbonyl (C=O) groups is 3. The molecule has 0 spiro atoms. The summed E-state index contributed by atoms with van der Waals surface area (Å²) in [5, 5.41) is 0. The third kappa shape index (κ3) is 2.94. The fourth-order valence-corrected chi connectivity index (χ4v) is 6.84. The summed E-state index contributed by atoms with van der Waals surface area (Å²) >= 11 is 0. The summed E-state index contributed by atoms with van der Waals surface area (Å²) in [6, 6.07) is 0. The lowest BCUT2D eigenvalue weighted by Gasteiger charge is -2.54. The predicted molar refractivity (Wildman–Crippen MR) is 98.5 cm³/mol. The largest absolute Gasteiger partial charge is 0.469 e. The van der Waals surface area contributed by atoms with Crippen molar-refractivity contribution in [2.75, 3.05) is 7.11 Å². The molecular weight excluding hydrogens is 344 g/mol. The van der Waals surface area contributed by atoms with Crippen molar-refractivity contribution in [2.45, 2.75) is 64.9 Å². The van der Waals surface area contributed by atoms with Gasteiger partial charge >= 0.3 is 11.9 Å². The van der Waals surface area contributed by atoms with Crippen molar-refractivity contribution in [3.8, 4) is 0 Å². The summed E-state index contributed by atoms with van der Waals surface area (Å²) in [5.41, 5.74) is 1.18. The highest BCUT2D eigenvalue weighted by molar-refractivity contribution is 5.85. The van der Waals surface area contributed by atoms with Gasteiger partial charge in [0, 0.05) is 25.7 Å². The summed E-state index contributed by atoms with van der Waals surface area (Å²) in [6.45, 7) is 3.70. The third-order valence-electron chi connectivity index (χ3n) is 7.97. The average Bonchev–Trinajstić information content (AvgIpc) is 3.04. The summed E-state index contributed by atoms with van der Waals surface area (Å²) in [4.78, 5) is 36.8. The zero-order valence-corrected chi connectivity index (χ0v) is 16.5. The molecule has 0 unspecified atom stereocenters. The molecule has 0 N–H and O–H groups in total. The van der Waals surface area contributed by atoms with E-state index in [1.807, 2.05) is 0 Å². The monoisotopic (exact) mass is 374 g/mol. The number of ketones is 1. The molecule has 5 heteroatoms. The van der Waals surface area contributed by atoms with E-state index in [1.165, 1.54) is 19.6 Å². The van der Waals surface area contributed by atoms with Gasteiger partial charge in [0.05, 0.1) is 13.0 Å². The number of ether oxygens (including phenoxy) is 2. The van der Waals surface area contributed by atoms with Gasteiger partial charge < -0.3 is 9.47 Å². The minimum absolute atomic E-state index is 0.0495. The number of esters is 2. The number of carbonyl (C=O) groups excluding carboxylic acids is 3. The Kier molecular flexibility index (Phi) is 4.68. The molecule has 0 amide bonds. The van der Waals surface area contributed by atoms with E-state index in [0.717, 1.165) is 38.5 Å². The van der Waals surface area contributed by atoms with E-state index < -0.39 is 0 Å². The molecule has 0 bridgehead atoms. The van der Waals surface area contributed by atoms with E-state index in [1.54, 1.807) is 0 Å². The Morgan fingerprint density at radius 1 is 1.11 bits per heavy atom. The zero-order chi connectivity index (χ0) is 19.3. The van der Waals surface area contributed by atoms with Gasteiger partial charge in [0.1, 0.15) is 11.9 Å². The normalized spacial score (nSPS) is 43.1. The Labute approximate surface area is 160 Å². The average molecular weight is 374 g/mol. The molecule has 148 valence electrons. The molecule has 0 aliphatic heterocycles. The molecule has 3 fully saturated rings. The maximum atomic E-state index is 13.3. The Bertz CT molecular complexity index is 695. The number of methoxy groups -OCH3 is 1. The third-order valence-corrected chi connectivity index (χ3v) is 7.97. The second-order valence-corrected chi connectivity index (χ2v) is 9.20. The molecule has 0 aromatic carbocycles. The van der Waals surface area contributed by atoms with Crippen LogP contribution in [0.2, 0.25) is 0 Å². The number of fused-ring (bicyclic) bond motifs is 5. The van der Waals surface area contributed by atoms with Crippen LogP contribution in [-0.2, 0) is 23.9 Å². The first kappa shape index (κ1) is 18.7. The number of hydrogen-bond donors (Lipinski definition) is 0. The van der Waals surface area contributed by atoms with Crippen LogP contribution in [0.3, 0.4) is 0 Å². The number of hydrogen-bond acceptors (Lipinski definition) is 5. The molecule has 0 heterocycles. The summed E-state index contributed by atoms with van der Waals surface area (Å²) in [6.07, 6.45) is 8.02. The number of Topliss-reactive ketones (excluding diaryl/α,β-unsaturated/α-hetero) is 1. The molecule has 7 atom stereocenters. The van der Waals surface area contributed by atoms with E-state index >= 15 is 0 Å². The quantitative estimate of drug-likeness (QED) is 0.547. The van der Waals surface area contributed by atoms with Crippen LogP contribution in [0.25, 0.3) is 0 Å². The van der Waals surface area contributed by atoms with E-state index in [-0.39, 0.29) is 41.2 Å². The van der Waals surface area contributed by atoms with E-state index in [9.17, 15) is 14.4 Å². The predicted octanol–water partition coefficient (Wildman–Crippen LogP) is 3.46. The highest BCUT2D eigenvalue weighted by Gasteiger charge is 2.58. The van der Waals surface area contributed by atoms with Crippen molar-refractivity contribution in [1.29, 1.82) is 0 Å². The molecule has 27 heavy (non-hydrogen) atoms. The molecule has 3 saturated carbocycles. The van der Waals surface area contributed by atoms with Gasteiger partial charge in [0.2, 0.25) is 0 Å². The van der Waals surface area contributed by atoms with Gasteiger partial charge in [-0.05, 0) is 55.3 Å². The molecule has 5 nitrogen and oxygen atoms in total. The Hall–Kier alpha value is -1.65. The smallest absolute Gasteiger partial charge is 0.308 e. The SMILES string of the molecule is COC(=O)[C@@H]1CC[C@H]2[C@H]3CC=C4C[C@H](OC(C)=O)CC[C@]4(C)[C@@H]3C(=O)C[C@@H]21. The standard InChI is InChI=1S/C22H30O5/c1-12(23)27-14-8-9-22(2)13(10-14)4-5-16-15-6-7-17(21(25)26-3)18(15)11-19(24)20(16)22/h4,14-18,20H,5-11H2,1-3H3/t14-,15+,16-,17-,18+,20+,22+/m1/s1. The van der Waals surface area contributed by atoms with Gasteiger partial charge in [-0.15, -0.1) is 0 Å². The van der Waals surface area contributed by atoms with Crippen LogP contribution >= 0.6 is 0 Å². The minimum Gasteiger partial charge on any atom is -0.469 e. The summed E-state index contributed by atoms with van der Waals surface area (Å²) in [5.74, 6) is 0.833. The molecule has 0 aromatic rings. The van der Waals surface area contributed by atoms with Crippen LogP contribution in [-0.4, -0.2) is 30.9 Å². The highest BCUT2D eigenvalue weighted by atomic mass is 16.5. The zero-order valence-electron chi connectivity index (χ0n) is 16.5. The second-order valence-electron chi connectivity index (χ2n) is 9.20. The maximum absolute atomic E-state index is 13.3. The Morgan fingerprint density at radius 3 is 2.59 bits per heavy atom. The molecule has 0 saturated heterocycles. The van der Waals surface area contributed by atoms with Crippen molar-refractivity contribution in [1.82, 2.24) is 0 Å². The minimum atomic E-state index is -0.228. The Balaban J connectivity index is 1.59. The topological polar surface area (TPSA) is 69.7 Å². The number of allylic oxidation sites excluding steroid dienone is 1. The van der Waals surface area contributed by atoms with Crippen molar-refractivity contribution >= 4 is 17.7 Å². The molecule has 4 aliphatic carbocycles. The van der Waals surface area contributed by atoms with Crippen LogP contribution in [0.4, 0.5) is 0 Å². The molecule has 0 radical (unpaired) electrons. The fraction of sp³-hybridized carbons (Fsp3) is 0.773. The first-order chi connectivity index (χ1) is 12.8. The fourth-order valence-electron chi connectivity index (χ4n) is 6.84. The molecule has 4 rings (SSSR count). The molecular formula is C22H30O5. The summed E-state index contributed by atoms with van der Waals surface area (Å²) < 4.78 is 10.5. The van der Waals surface area contributed by atoms with Gasteiger partial charge in [-0.3, -0.25) is 14.4 Å².